The lowest BCUT2D eigenvalue weighted by Gasteiger charge is -2.05. The second-order valence-corrected chi connectivity index (χ2v) is 7.80. The standard InChI is InChI=1S/C9H13NO7S2/c1-18(14,15)7(3-4-9(12)10-13)5-8(6-11)19(2,16)17/h3-6,8,13H,1-2H3,(H,10,12). The van der Waals surface area contributed by atoms with Crippen LogP contribution in [0, 0.1) is 0 Å². The first kappa shape index (κ1) is 17.5. The number of hydroxylamine groups is 1. The van der Waals surface area contributed by atoms with Crippen molar-refractivity contribution in [2.45, 2.75) is 5.25 Å². The number of carbonyl (C=O) groups excluding carboxylic acids is 2. The van der Waals surface area contributed by atoms with Gasteiger partial charge in [-0.2, -0.15) is 0 Å². The van der Waals surface area contributed by atoms with Crippen molar-refractivity contribution >= 4 is 31.9 Å². The molecule has 0 fully saturated rings. The van der Waals surface area contributed by atoms with E-state index in [9.17, 15) is 26.4 Å². The number of nitrogens with one attached hydrogen (secondary N) is 1. The minimum absolute atomic E-state index is 0.0699. The van der Waals surface area contributed by atoms with E-state index < -0.39 is 35.7 Å². The van der Waals surface area contributed by atoms with Crippen LogP contribution in [0.25, 0.3) is 0 Å². The predicted octanol–water partition coefficient (Wildman–Crippen LogP) is -1.41. The van der Waals surface area contributed by atoms with E-state index in [1.165, 1.54) is 5.48 Å². The highest BCUT2D eigenvalue weighted by molar-refractivity contribution is 7.95. The summed E-state index contributed by atoms with van der Waals surface area (Å²) < 4.78 is 45.2. The van der Waals surface area contributed by atoms with Gasteiger partial charge >= 0.3 is 0 Å². The van der Waals surface area contributed by atoms with Crippen molar-refractivity contribution in [2.75, 3.05) is 12.5 Å². The Kier molecular flexibility index (Phi) is 6.06. The third-order valence-electron chi connectivity index (χ3n) is 1.89. The van der Waals surface area contributed by atoms with Crippen molar-refractivity contribution in [2.24, 2.45) is 0 Å². The fourth-order valence-electron chi connectivity index (χ4n) is 0.924. The van der Waals surface area contributed by atoms with Crippen LogP contribution in [-0.4, -0.2) is 52.0 Å². The molecule has 0 saturated heterocycles. The largest absolute Gasteiger partial charge is 0.302 e. The van der Waals surface area contributed by atoms with Crippen LogP contribution in [-0.2, 0) is 29.3 Å². The summed E-state index contributed by atoms with van der Waals surface area (Å²) in [5.41, 5.74) is 1.23. The quantitative estimate of drug-likeness (QED) is 0.202. The maximum absolute atomic E-state index is 11.4. The molecule has 8 nitrogen and oxygen atoms in total. The molecule has 0 spiro atoms. The van der Waals surface area contributed by atoms with Crippen molar-refractivity contribution in [1.29, 1.82) is 0 Å². The van der Waals surface area contributed by atoms with E-state index in [2.05, 4.69) is 0 Å². The van der Waals surface area contributed by atoms with E-state index >= 15 is 0 Å². The van der Waals surface area contributed by atoms with Gasteiger partial charge in [0.25, 0.3) is 5.91 Å². The number of hydrogen-bond donors (Lipinski definition) is 2. The number of aldehydes is 1. The number of allylic oxidation sites excluding steroid dienone is 1. The number of rotatable bonds is 6. The van der Waals surface area contributed by atoms with Crippen molar-refractivity contribution in [3.63, 3.8) is 0 Å². The summed E-state index contributed by atoms with van der Waals surface area (Å²) in [6.07, 6.45) is 3.79. The average Bonchev–Trinajstić information content (AvgIpc) is 2.25. The van der Waals surface area contributed by atoms with Gasteiger partial charge in [-0.1, -0.05) is 0 Å². The van der Waals surface area contributed by atoms with Gasteiger partial charge in [-0.05, 0) is 12.2 Å². The van der Waals surface area contributed by atoms with Crippen LogP contribution < -0.4 is 5.48 Å². The molecule has 0 aliphatic rings. The Balaban J connectivity index is 5.70. The van der Waals surface area contributed by atoms with E-state index in [-0.39, 0.29) is 6.29 Å². The van der Waals surface area contributed by atoms with Gasteiger partial charge in [-0.3, -0.25) is 10.0 Å². The molecule has 0 rings (SSSR count). The molecule has 1 amide bonds. The third kappa shape index (κ3) is 6.27. The molecule has 0 aromatic heterocycles. The van der Waals surface area contributed by atoms with Crippen LogP contribution in [0.1, 0.15) is 0 Å². The summed E-state index contributed by atoms with van der Waals surface area (Å²) >= 11 is 0. The summed E-state index contributed by atoms with van der Waals surface area (Å²) in [5.74, 6) is -1.00. The van der Waals surface area contributed by atoms with Gasteiger partial charge < -0.3 is 4.79 Å². The third-order valence-corrected chi connectivity index (χ3v) is 4.26. The Bertz CT molecular complexity index is 613. The number of sulfone groups is 2. The zero-order valence-electron chi connectivity index (χ0n) is 10.1. The summed E-state index contributed by atoms with van der Waals surface area (Å²) in [6, 6.07) is 0. The maximum atomic E-state index is 11.4. The molecule has 0 saturated carbocycles. The van der Waals surface area contributed by atoms with Crippen LogP contribution >= 0.6 is 0 Å². The molecule has 0 aliphatic heterocycles. The predicted molar refractivity (Wildman–Crippen MR) is 66.7 cm³/mol. The van der Waals surface area contributed by atoms with E-state index in [0.29, 0.717) is 12.2 Å². The highest BCUT2D eigenvalue weighted by Gasteiger charge is 2.20. The van der Waals surface area contributed by atoms with Gasteiger partial charge in [0.05, 0.1) is 4.91 Å². The zero-order valence-corrected chi connectivity index (χ0v) is 11.7. The molecule has 108 valence electrons. The molecule has 19 heavy (non-hydrogen) atoms. The summed E-state index contributed by atoms with van der Waals surface area (Å²) in [6.45, 7) is 0. The molecular weight excluding hydrogens is 298 g/mol. The highest BCUT2D eigenvalue weighted by Crippen LogP contribution is 2.11. The molecule has 10 heteroatoms. The van der Waals surface area contributed by atoms with E-state index in [0.717, 1.165) is 18.6 Å². The monoisotopic (exact) mass is 311 g/mol. The van der Waals surface area contributed by atoms with Gasteiger partial charge in [0.1, 0.15) is 11.5 Å². The van der Waals surface area contributed by atoms with Crippen LogP contribution in [0.15, 0.2) is 23.1 Å². The van der Waals surface area contributed by atoms with Crippen molar-refractivity contribution in [1.82, 2.24) is 5.48 Å². The van der Waals surface area contributed by atoms with Crippen molar-refractivity contribution in [3.05, 3.63) is 23.1 Å². The number of amides is 1. The fourth-order valence-corrected chi connectivity index (χ4v) is 2.31. The lowest BCUT2D eigenvalue weighted by atomic mass is 10.3. The van der Waals surface area contributed by atoms with Gasteiger partial charge in [0.15, 0.2) is 19.7 Å². The molecule has 0 bridgehead atoms. The molecule has 1 unspecified atom stereocenters. The average molecular weight is 311 g/mol. The molecule has 0 heterocycles. The van der Waals surface area contributed by atoms with E-state index in [4.69, 9.17) is 5.21 Å². The maximum Gasteiger partial charge on any atom is 0.267 e. The lowest BCUT2D eigenvalue weighted by molar-refractivity contribution is -0.124. The van der Waals surface area contributed by atoms with E-state index in [1.807, 2.05) is 0 Å². The molecule has 0 aromatic carbocycles. The first-order valence-electron chi connectivity index (χ1n) is 4.70. The highest BCUT2D eigenvalue weighted by atomic mass is 32.2. The number of carbonyl (C=O) groups is 2. The molecule has 2 N–H and O–H groups in total. The van der Waals surface area contributed by atoms with Gasteiger partial charge in [0, 0.05) is 18.6 Å². The van der Waals surface area contributed by atoms with Crippen molar-refractivity contribution in [3.8, 4) is 0 Å². The summed E-state index contributed by atoms with van der Waals surface area (Å²) in [7, 11) is -7.65. The fraction of sp³-hybridized carbons (Fsp3) is 0.333. The SMILES string of the molecule is CS(=O)(=O)C(C=CC(=O)NO)=CC(C=O)S(C)(=O)=O. The van der Waals surface area contributed by atoms with Gasteiger partial charge in [0.2, 0.25) is 0 Å². The molecular formula is C9H13NO7S2. The normalized spacial score (nSPS) is 15.2. The van der Waals surface area contributed by atoms with Gasteiger partial charge in [-0.25, -0.2) is 22.3 Å². The Morgan fingerprint density at radius 1 is 1.16 bits per heavy atom. The Hall–Kier alpha value is -1.52. The second-order valence-electron chi connectivity index (χ2n) is 3.58. The Morgan fingerprint density at radius 2 is 1.68 bits per heavy atom. The van der Waals surface area contributed by atoms with Crippen LogP contribution in [0.2, 0.25) is 0 Å². The Morgan fingerprint density at radius 3 is 2.00 bits per heavy atom. The summed E-state index contributed by atoms with van der Waals surface area (Å²) in [5, 5.41) is 6.60. The molecule has 0 aliphatic carbocycles. The van der Waals surface area contributed by atoms with Crippen LogP contribution in [0.4, 0.5) is 0 Å². The molecule has 0 radical (unpaired) electrons. The van der Waals surface area contributed by atoms with Crippen LogP contribution in [0.5, 0.6) is 0 Å². The second kappa shape index (κ2) is 6.59. The minimum Gasteiger partial charge on any atom is -0.302 e. The van der Waals surface area contributed by atoms with Gasteiger partial charge in [-0.15, -0.1) is 0 Å². The van der Waals surface area contributed by atoms with Crippen molar-refractivity contribution < 1.29 is 31.6 Å². The number of hydrogen-bond acceptors (Lipinski definition) is 7. The molecule has 0 aromatic rings. The Labute approximate surface area is 110 Å². The zero-order chi connectivity index (χ0) is 15.3. The molecule has 1 atom stereocenters. The minimum atomic E-state index is -3.84. The lowest BCUT2D eigenvalue weighted by Crippen LogP contribution is -2.20. The van der Waals surface area contributed by atoms with Crippen LogP contribution in [0.3, 0.4) is 0 Å². The summed E-state index contributed by atoms with van der Waals surface area (Å²) in [4.78, 5) is 20.9. The topological polar surface area (TPSA) is 135 Å². The smallest absolute Gasteiger partial charge is 0.267 e. The van der Waals surface area contributed by atoms with E-state index in [1.54, 1.807) is 0 Å². The first-order chi connectivity index (χ1) is 8.52. The first-order valence-corrected chi connectivity index (χ1v) is 8.55.